The van der Waals surface area contributed by atoms with Crippen molar-refractivity contribution in [2.45, 2.75) is 19.3 Å². The topological polar surface area (TPSA) is 100 Å². The summed E-state index contributed by atoms with van der Waals surface area (Å²) in [6.45, 7) is 2.37. The van der Waals surface area contributed by atoms with Crippen LogP contribution in [0.3, 0.4) is 0 Å². The Morgan fingerprint density at radius 1 is 1.28 bits per heavy atom. The Labute approximate surface area is 195 Å². The van der Waals surface area contributed by atoms with E-state index >= 15 is 0 Å². The van der Waals surface area contributed by atoms with Crippen LogP contribution in [0.1, 0.15) is 24.8 Å². The van der Waals surface area contributed by atoms with E-state index in [1.807, 2.05) is 13.0 Å². The molecule has 0 bridgehead atoms. The van der Waals surface area contributed by atoms with Crippen LogP contribution in [0.4, 0.5) is 5.69 Å². The number of methoxy groups -OCH3 is 1. The molecule has 166 valence electrons. The minimum atomic E-state index is -0.444. The maximum Gasteiger partial charge on any atom is 0.234 e. The van der Waals surface area contributed by atoms with Gasteiger partial charge in [0.05, 0.1) is 36.1 Å². The zero-order valence-electron chi connectivity index (χ0n) is 17.6. The molecule has 1 aliphatic rings. The molecule has 9 heteroatoms. The van der Waals surface area contributed by atoms with Crippen LogP contribution in [0, 0.1) is 11.3 Å². The van der Waals surface area contributed by atoms with Crippen molar-refractivity contribution >= 4 is 40.9 Å². The molecule has 3 rings (SSSR count). The van der Waals surface area contributed by atoms with Crippen LogP contribution in [0.5, 0.6) is 11.5 Å². The highest BCUT2D eigenvalue weighted by atomic mass is 35.5. The number of halogens is 1. The zero-order chi connectivity index (χ0) is 23.1. The van der Waals surface area contributed by atoms with Crippen molar-refractivity contribution in [1.29, 1.82) is 5.26 Å². The fraction of sp³-hybridized carbons (Fsp3) is 0.261. The molecule has 2 aromatic carbocycles. The third-order valence-electron chi connectivity index (χ3n) is 4.72. The van der Waals surface area contributed by atoms with Gasteiger partial charge in [-0.3, -0.25) is 9.59 Å². The number of nitrogens with zero attached hydrogens (tertiary/aromatic N) is 1. The van der Waals surface area contributed by atoms with Gasteiger partial charge in [-0.2, -0.15) is 5.26 Å². The Morgan fingerprint density at radius 2 is 2.03 bits per heavy atom. The molecule has 0 fully saturated rings. The largest absolute Gasteiger partial charge is 0.493 e. The molecular weight excluding hydrogens is 450 g/mol. The number of hydrogen-bond donors (Lipinski definition) is 2. The van der Waals surface area contributed by atoms with E-state index in [2.05, 4.69) is 16.7 Å². The molecule has 0 radical (unpaired) electrons. The lowest BCUT2D eigenvalue weighted by molar-refractivity contribution is -0.121. The van der Waals surface area contributed by atoms with Gasteiger partial charge in [-0.25, -0.2) is 0 Å². The Hall–Kier alpha value is -3.15. The third kappa shape index (κ3) is 5.75. The summed E-state index contributed by atoms with van der Waals surface area (Å²) in [6.07, 6.45) is 0.126. The molecule has 0 saturated heterocycles. The first kappa shape index (κ1) is 23.5. The van der Waals surface area contributed by atoms with E-state index in [1.54, 1.807) is 36.4 Å². The number of rotatable bonds is 8. The Kier molecular flexibility index (Phi) is 8.03. The normalized spacial score (nSPS) is 15.6. The first-order valence-corrected chi connectivity index (χ1v) is 11.2. The van der Waals surface area contributed by atoms with Crippen molar-refractivity contribution in [2.24, 2.45) is 0 Å². The van der Waals surface area contributed by atoms with Crippen LogP contribution in [-0.2, 0) is 9.59 Å². The molecule has 0 spiro atoms. The van der Waals surface area contributed by atoms with E-state index in [0.717, 1.165) is 17.3 Å². The molecule has 7 nitrogen and oxygen atoms in total. The predicted octanol–water partition coefficient (Wildman–Crippen LogP) is 4.46. The minimum absolute atomic E-state index is 0.0305. The summed E-state index contributed by atoms with van der Waals surface area (Å²) in [4.78, 5) is 24.7. The number of anilines is 1. The molecular formula is C23H22ClN3O4S. The van der Waals surface area contributed by atoms with Crippen LogP contribution >= 0.6 is 23.4 Å². The summed E-state index contributed by atoms with van der Waals surface area (Å²) >= 11 is 6.97. The summed E-state index contributed by atoms with van der Waals surface area (Å²) in [6, 6.07) is 14.3. The van der Waals surface area contributed by atoms with E-state index < -0.39 is 5.92 Å². The van der Waals surface area contributed by atoms with Crippen LogP contribution < -0.4 is 20.1 Å². The average molecular weight is 472 g/mol. The van der Waals surface area contributed by atoms with Crippen LogP contribution in [0.25, 0.3) is 0 Å². The van der Waals surface area contributed by atoms with Gasteiger partial charge < -0.3 is 20.1 Å². The third-order valence-corrected chi connectivity index (χ3v) is 5.99. The summed E-state index contributed by atoms with van der Waals surface area (Å²) in [5, 5.41) is 16.3. The molecule has 32 heavy (non-hydrogen) atoms. The summed E-state index contributed by atoms with van der Waals surface area (Å²) < 4.78 is 11.0. The van der Waals surface area contributed by atoms with Crippen molar-refractivity contribution < 1.29 is 19.1 Å². The van der Waals surface area contributed by atoms with E-state index in [0.29, 0.717) is 39.4 Å². The highest BCUT2D eigenvalue weighted by Gasteiger charge is 2.30. The second-order valence-corrected chi connectivity index (χ2v) is 8.27. The highest BCUT2D eigenvalue weighted by molar-refractivity contribution is 8.03. The molecule has 2 amide bonds. The monoisotopic (exact) mass is 471 g/mol. The fourth-order valence-electron chi connectivity index (χ4n) is 3.26. The summed E-state index contributed by atoms with van der Waals surface area (Å²) in [5.74, 6) is 0.228. The Bertz CT molecular complexity index is 1080. The van der Waals surface area contributed by atoms with Crippen molar-refractivity contribution in [1.82, 2.24) is 5.32 Å². The zero-order valence-corrected chi connectivity index (χ0v) is 19.2. The second-order valence-electron chi connectivity index (χ2n) is 6.85. The van der Waals surface area contributed by atoms with Gasteiger partial charge in [0.1, 0.15) is 0 Å². The van der Waals surface area contributed by atoms with Crippen LogP contribution in [0.15, 0.2) is 53.1 Å². The smallest absolute Gasteiger partial charge is 0.234 e. The van der Waals surface area contributed by atoms with Crippen molar-refractivity contribution in [3.8, 4) is 17.6 Å². The molecule has 1 heterocycles. The average Bonchev–Trinajstić information content (AvgIpc) is 2.79. The second kappa shape index (κ2) is 10.9. The molecule has 0 aromatic heterocycles. The number of carbonyl (C=O) groups excluding carboxylic acids is 2. The van der Waals surface area contributed by atoms with Crippen LogP contribution in [-0.4, -0.2) is 31.3 Å². The molecule has 1 atom stereocenters. The number of ether oxygens (including phenoxy) is 2. The lowest BCUT2D eigenvalue weighted by Gasteiger charge is -2.25. The molecule has 2 N–H and O–H groups in total. The quantitative estimate of drug-likeness (QED) is 0.589. The van der Waals surface area contributed by atoms with E-state index in [-0.39, 0.29) is 24.0 Å². The Balaban J connectivity index is 1.79. The molecule has 2 aromatic rings. The van der Waals surface area contributed by atoms with Gasteiger partial charge in [-0.15, -0.1) is 0 Å². The van der Waals surface area contributed by atoms with Gasteiger partial charge in [0.25, 0.3) is 0 Å². The van der Waals surface area contributed by atoms with Gasteiger partial charge in [0.2, 0.25) is 11.8 Å². The lowest BCUT2D eigenvalue weighted by Crippen LogP contribution is -2.31. The first-order chi connectivity index (χ1) is 15.4. The molecule has 1 aliphatic heterocycles. The van der Waals surface area contributed by atoms with E-state index in [9.17, 15) is 14.9 Å². The number of benzene rings is 2. The van der Waals surface area contributed by atoms with Crippen LogP contribution in [0.2, 0.25) is 5.02 Å². The predicted molar refractivity (Wildman–Crippen MR) is 125 cm³/mol. The highest BCUT2D eigenvalue weighted by Crippen LogP contribution is 2.39. The number of hydrogen-bond acceptors (Lipinski definition) is 6. The number of nitriles is 1. The molecule has 0 aliphatic carbocycles. The van der Waals surface area contributed by atoms with Crippen molar-refractivity contribution in [3.05, 3.63) is 63.7 Å². The number of amides is 2. The van der Waals surface area contributed by atoms with Gasteiger partial charge in [0, 0.05) is 23.0 Å². The van der Waals surface area contributed by atoms with E-state index in [1.165, 1.54) is 7.11 Å². The lowest BCUT2D eigenvalue weighted by atomic mass is 9.87. The number of carbonyl (C=O) groups is 2. The van der Waals surface area contributed by atoms with Gasteiger partial charge in [-0.05, 0) is 48.9 Å². The summed E-state index contributed by atoms with van der Waals surface area (Å²) in [5.41, 5.74) is 1.78. The first-order valence-electron chi connectivity index (χ1n) is 9.88. The Morgan fingerprint density at radius 3 is 2.69 bits per heavy atom. The van der Waals surface area contributed by atoms with Crippen molar-refractivity contribution in [3.63, 3.8) is 0 Å². The maximum atomic E-state index is 12.4. The SMILES string of the molecule is CCOc1ccc(C2CC(=O)NC(SCC(=O)Nc3ccc(Cl)cc3)=C2C#N)cc1OC. The standard InChI is InChI=1S/C23H22ClN3O4S/c1-3-31-19-9-4-14(10-20(19)30-2)17-11-21(28)27-23(18(17)12-25)32-13-22(29)26-16-7-5-15(24)6-8-16/h4-10,17H,3,11,13H2,1-2H3,(H,26,29)(H,27,28). The van der Waals surface area contributed by atoms with Gasteiger partial charge >= 0.3 is 0 Å². The molecule has 0 saturated carbocycles. The number of thioether (sulfide) groups is 1. The van der Waals surface area contributed by atoms with Crippen molar-refractivity contribution in [2.75, 3.05) is 24.8 Å². The number of nitrogens with one attached hydrogen (secondary N) is 2. The number of allylic oxidation sites excluding steroid dienone is 1. The fourth-order valence-corrected chi connectivity index (χ4v) is 4.26. The van der Waals surface area contributed by atoms with Gasteiger partial charge in [0.15, 0.2) is 11.5 Å². The maximum absolute atomic E-state index is 12.4. The van der Waals surface area contributed by atoms with E-state index in [4.69, 9.17) is 21.1 Å². The summed E-state index contributed by atoms with van der Waals surface area (Å²) in [7, 11) is 1.54. The minimum Gasteiger partial charge on any atom is -0.493 e. The molecule has 1 unspecified atom stereocenters. The van der Waals surface area contributed by atoms with Gasteiger partial charge in [-0.1, -0.05) is 29.4 Å².